The molecule has 2 N–H and O–H groups in total. The van der Waals surface area contributed by atoms with Crippen molar-refractivity contribution in [3.8, 4) is 0 Å². The summed E-state index contributed by atoms with van der Waals surface area (Å²) in [7, 11) is 3.69. The first kappa shape index (κ1) is 18.4. The summed E-state index contributed by atoms with van der Waals surface area (Å²) in [6, 6.07) is -0.700. The van der Waals surface area contributed by atoms with Gasteiger partial charge in [0.1, 0.15) is 12.6 Å². The minimum absolute atomic E-state index is 0.109. The summed E-state index contributed by atoms with van der Waals surface area (Å²) in [5, 5.41) is 11.5. The molecule has 0 aromatic rings. The van der Waals surface area contributed by atoms with Crippen LogP contribution in [0.3, 0.4) is 0 Å². The van der Waals surface area contributed by atoms with Gasteiger partial charge in [-0.3, -0.25) is 14.4 Å². The molecule has 1 unspecified atom stereocenters. The van der Waals surface area contributed by atoms with Crippen molar-refractivity contribution in [1.82, 2.24) is 15.1 Å². The molecule has 0 aliphatic carbocycles. The second-order valence-corrected chi connectivity index (χ2v) is 5.38. The number of amides is 2. The van der Waals surface area contributed by atoms with E-state index in [0.29, 0.717) is 13.1 Å². The Morgan fingerprint density at radius 2 is 1.70 bits per heavy atom. The van der Waals surface area contributed by atoms with Gasteiger partial charge in [0.2, 0.25) is 11.8 Å². The van der Waals surface area contributed by atoms with Gasteiger partial charge in [0.15, 0.2) is 0 Å². The van der Waals surface area contributed by atoms with Gasteiger partial charge in [-0.1, -0.05) is 13.8 Å². The van der Waals surface area contributed by atoms with E-state index in [-0.39, 0.29) is 24.3 Å². The van der Waals surface area contributed by atoms with Crippen molar-refractivity contribution in [2.24, 2.45) is 5.92 Å². The summed E-state index contributed by atoms with van der Waals surface area (Å²) in [5.41, 5.74) is 0. The number of nitrogens with one attached hydrogen (secondary N) is 1. The first-order chi connectivity index (χ1) is 9.15. The molecule has 116 valence electrons. The number of likely N-dealkylation sites (N-methyl/N-ethyl adjacent to an activating group) is 1. The van der Waals surface area contributed by atoms with Crippen LogP contribution in [0.5, 0.6) is 0 Å². The first-order valence-corrected chi connectivity index (χ1v) is 6.57. The highest BCUT2D eigenvalue weighted by Crippen LogP contribution is 2.07. The fourth-order valence-corrected chi connectivity index (χ4v) is 1.68. The fraction of sp³-hybridized carbons (Fsp3) is 0.769. The molecule has 0 saturated carbocycles. The van der Waals surface area contributed by atoms with Crippen LogP contribution in [0, 0.1) is 5.92 Å². The Morgan fingerprint density at radius 3 is 2.05 bits per heavy atom. The van der Waals surface area contributed by atoms with Crippen molar-refractivity contribution in [3.63, 3.8) is 0 Å². The van der Waals surface area contributed by atoms with E-state index >= 15 is 0 Å². The second-order valence-electron chi connectivity index (χ2n) is 5.38. The molecule has 0 aliphatic heterocycles. The number of carbonyl (C=O) groups is 3. The van der Waals surface area contributed by atoms with Crippen LogP contribution in [0.25, 0.3) is 0 Å². The molecule has 0 heterocycles. The molecule has 7 heteroatoms. The lowest BCUT2D eigenvalue weighted by Gasteiger charge is -2.29. The summed E-state index contributed by atoms with van der Waals surface area (Å²) in [6.07, 6.45) is 0. The third kappa shape index (κ3) is 7.08. The molecule has 0 spiro atoms. The van der Waals surface area contributed by atoms with E-state index in [2.05, 4.69) is 5.32 Å². The van der Waals surface area contributed by atoms with Crippen LogP contribution in [0.2, 0.25) is 0 Å². The topological polar surface area (TPSA) is 90.0 Å². The van der Waals surface area contributed by atoms with Gasteiger partial charge in [0.25, 0.3) is 0 Å². The number of carboxylic acids is 1. The van der Waals surface area contributed by atoms with E-state index in [0.717, 1.165) is 0 Å². The highest BCUT2D eigenvalue weighted by molar-refractivity contribution is 5.89. The maximum atomic E-state index is 12.4. The van der Waals surface area contributed by atoms with Gasteiger partial charge in [-0.05, 0) is 20.0 Å². The van der Waals surface area contributed by atoms with Gasteiger partial charge in [0.05, 0.1) is 0 Å². The van der Waals surface area contributed by atoms with Gasteiger partial charge < -0.3 is 20.2 Å². The van der Waals surface area contributed by atoms with Gasteiger partial charge >= 0.3 is 5.97 Å². The van der Waals surface area contributed by atoms with Crippen LogP contribution < -0.4 is 5.32 Å². The molecule has 20 heavy (non-hydrogen) atoms. The average Bonchev–Trinajstić information content (AvgIpc) is 2.29. The predicted octanol–water partition coefficient (Wildman–Crippen LogP) is -0.378. The van der Waals surface area contributed by atoms with Crippen molar-refractivity contribution < 1.29 is 19.5 Å². The van der Waals surface area contributed by atoms with Crippen molar-refractivity contribution >= 4 is 17.8 Å². The molecule has 0 fully saturated rings. The Balaban J connectivity index is 4.94. The zero-order chi connectivity index (χ0) is 15.9. The first-order valence-electron chi connectivity index (χ1n) is 6.57. The molecule has 0 rings (SSSR count). The number of rotatable bonds is 8. The molecule has 0 aliphatic rings. The largest absolute Gasteiger partial charge is 0.480 e. The molecule has 0 radical (unpaired) electrons. The van der Waals surface area contributed by atoms with E-state index in [1.165, 1.54) is 11.8 Å². The van der Waals surface area contributed by atoms with Crippen molar-refractivity contribution in [2.75, 3.05) is 33.7 Å². The Morgan fingerprint density at radius 1 is 1.15 bits per heavy atom. The van der Waals surface area contributed by atoms with E-state index in [1.54, 1.807) is 0 Å². The maximum absolute atomic E-state index is 12.4. The van der Waals surface area contributed by atoms with Gasteiger partial charge in [-0.2, -0.15) is 0 Å². The average molecular weight is 287 g/mol. The lowest BCUT2D eigenvalue weighted by atomic mass is 10.0. The summed E-state index contributed by atoms with van der Waals surface area (Å²) in [4.78, 5) is 37.6. The van der Waals surface area contributed by atoms with Gasteiger partial charge in [0, 0.05) is 20.0 Å². The number of carbonyl (C=O) groups excluding carboxylic acids is 2. The molecular formula is C13H25N3O4. The summed E-state index contributed by atoms with van der Waals surface area (Å²) >= 11 is 0. The summed E-state index contributed by atoms with van der Waals surface area (Å²) in [6.45, 7) is 5.46. The third-order valence-corrected chi connectivity index (χ3v) is 2.75. The second kappa shape index (κ2) is 8.52. The molecule has 0 saturated heterocycles. The monoisotopic (exact) mass is 287 g/mol. The summed E-state index contributed by atoms with van der Waals surface area (Å²) < 4.78 is 0. The third-order valence-electron chi connectivity index (χ3n) is 2.75. The van der Waals surface area contributed by atoms with Crippen molar-refractivity contribution in [3.05, 3.63) is 0 Å². The number of hydrogen-bond donors (Lipinski definition) is 2. The molecule has 0 aromatic carbocycles. The Kier molecular flexibility index (Phi) is 7.83. The molecule has 7 nitrogen and oxygen atoms in total. The molecule has 0 aromatic heterocycles. The molecular weight excluding hydrogens is 262 g/mol. The van der Waals surface area contributed by atoms with E-state index in [4.69, 9.17) is 5.11 Å². The number of aliphatic carboxylic acids is 1. The number of carboxylic acid groups (broad SMARTS) is 1. The Labute approximate surface area is 119 Å². The maximum Gasteiger partial charge on any atom is 0.323 e. The zero-order valence-electron chi connectivity index (χ0n) is 12.8. The van der Waals surface area contributed by atoms with Crippen LogP contribution >= 0.6 is 0 Å². The SMILES string of the molecule is CC(=O)NC(C(=O)N(CCN(C)C)CC(=O)O)C(C)C. The standard InChI is InChI=1S/C13H25N3O4/c1-9(2)12(14-10(3)17)13(20)16(8-11(18)19)7-6-15(4)5/h9,12H,6-8H2,1-5H3,(H,14,17)(H,18,19). The van der Waals surface area contributed by atoms with Crippen LogP contribution in [0.4, 0.5) is 0 Å². The highest BCUT2D eigenvalue weighted by Gasteiger charge is 2.28. The van der Waals surface area contributed by atoms with Crippen molar-refractivity contribution in [1.29, 1.82) is 0 Å². The predicted molar refractivity (Wildman–Crippen MR) is 75.2 cm³/mol. The van der Waals surface area contributed by atoms with Crippen LogP contribution in [0.1, 0.15) is 20.8 Å². The van der Waals surface area contributed by atoms with Crippen LogP contribution in [-0.4, -0.2) is 72.5 Å². The smallest absolute Gasteiger partial charge is 0.323 e. The van der Waals surface area contributed by atoms with Crippen LogP contribution in [-0.2, 0) is 14.4 Å². The molecule has 1 atom stereocenters. The van der Waals surface area contributed by atoms with E-state index < -0.39 is 12.0 Å². The Hall–Kier alpha value is -1.63. The molecule has 0 bridgehead atoms. The summed E-state index contributed by atoms with van der Waals surface area (Å²) in [5.74, 6) is -1.84. The normalized spacial score (nSPS) is 12.3. The fourth-order valence-electron chi connectivity index (χ4n) is 1.68. The number of nitrogens with zero attached hydrogens (tertiary/aromatic N) is 2. The minimum Gasteiger partial charge on any atom is -0.480 e. The lowest BCUT2D eigenvalue weighted by Crippen LogP contribution is -2.53. The van der Waals surface area contributed by atoms with Gasteiger partial charge in [-0.15, -0.1) is 0 Å². The molecule has 2 amide bonds. The lowest BCUT2D eigenvalue weighted by molar-refractivity contribution is -0.146. The highest BCUT2D eigenvalue weighted by atomic mass is 16.4. The van der Waals surface area contributed by atoms with Gasteiger partial charge in [-0.25, -0.2) is 0 Å². The number of hydrogen-bond acceptors (Lipinski definition) is 4. The van der Waals surface area contributed by atoms with Crippen molar-refractivity contribution in [2.45, 2.75) is 26.8 Å². The quantitative estimate of drug-likeness (QED) is 0.635. The van der Waals surface area contributed by atoms with E-state index in [9.17, 15) is 14.4 Å². The Bertz CT molecular complexity index is 356. The van der Waals surface area contributed by atoms with Crippen LogP contribution in [0.15, 0.2) is 0 Å². The zero-order valence-corrected chi connectivity index (χ0v) is 12.8. The van der Waals surface area contributed by atoms with E-state index in [1.807, 2.05) is 32.8 Å². The minimum atomic E-state index is -1.07.